The second-order valence-electron chi connectivity index (χ2n) is 6.88. The number of carbonyl (C=O) groups excluding carboxylic acids is 1. The highest BCUT2D eigenvalue weighted by atomic mass is 32.1. The summed E-state index contributed by atoms with van der Waals surface area (Å²) >= 11 is 1.45. The SMILES string of the molecule is CCCCc1ccc(NC(=O)c2csc3nc(-c4ccc(OC)cc4)cn23)cc1. The molecule has 148 valence electrons. The Balaban J connectivity index is 1.52. The molecule has 1 N–H and O–H groups in total. The van der Waals surface area contributed by atoms with Crippen molar-refractivity contribution in [2.45, 2.75) is 26.2 Å². The molecule has 0 aliphatic rings. The van der Waals surface area contributed by atoms with E-state index in [2.05, 4.69) is 29.4 Å². The van der Waals surface area contributed by atoms with Crippen LogP contribution in [0.4, 0.5) is 5.69 Å². The minimum atomic E-state index is -0.142. The summed E-state index contributed by atoms with van der Waals surface area (Å²) in [5.41, 5.74) is 4.48. The van der Waals surface area contributed by atoms with Gasteiger partial charge >= 0.3 is 0 Å². The Morgan fingerprint density at radius 2 is 1.90 bits per heavy atom. The molecule has 2 aromatic heterocycles. The number of hydrogen-bond donors (Lipinski definition) is 1. The molecule has 29 heavy (non-hydrogen) atoms. The number of aromatic nitrogens is 2. The fourth-order valence-electron chi connectivity index (χ4n) is 3.18. The molecule has 0 aliphatic heterocycles. The number of thiazole rings is 1. The first-order valence-corrected chi connectivity index (χ1v) is 10.6. The molecule has 0 bridgehead atoms. The Morgan fingerprint density at radius 1 is 1.14 bits per heavy atom. The summed E-state index contributed by atoms with van der Waals surface area (Å²) in [6.07, 6.45) is 5.32. The average molecular weight is 406 g/mol. The maximum Gasteiger partial charge on any atom is 0.273 e. The second-order valence-corrected chi connectivity index (χ2v) is 7.72. The van der Waals surface area contributed by atoms with Gasteiger partial charge in [0.05, 0.1) is 12.8 Å². The lowest BCUT2D eigenvalue weighted by Crippen LogP contribution is -2.13. The molecule has 0 fully saturated rings. The van der Waals surface area contributed by atoms with Crippen molar-refractivity contribution in [1.29, 1.82) is 0 Å². The molecule has 2 heterocycles. The lowest BCUT2D eigenvalue weighted by molar-refractivity contribution is 0.102. The zero-order chi connectivity index (χ0) is 20.2. The predicted octanol–water partition coefficient (Wildman–Crippen LogP) is 5.67. The number of rotatable bonds is 7. The fourth-order valence-corrected chi connectivity index (χ4v) is 4.03. The van der Waals surface area contributed by atoms with Gasteiger partial charge in [-0.25, -0.2) is 4.98 Å². The van der Waals surface area contributed by atoms with Crippen molar-refractivity contribution in [3.05, 3.63) is 71.4 Å². The highest BCUT2D eigenvalue weighted by Gasteiger charge is 2.15. The van der Waals surface area contributed by atoms with Gasteiger partial charge in [-0.05, 0) is 54.8 Å². The number of amides is 1. The van der Waals surface area contributed by atoms with Crippen LogP contribution in [-0.4, -0.2) is 22.4 Å². The smallest absolute Gasteiger partial charge is 0.273 e. The first-order chi connectivity index (χ1) is 14.2. The summed E-state index contributed by atoms with van der Waals surface area (Å²) in [7, 11) is 1.64. The Bertz CT molecular complexity index is 1110. The number of fused-ring (bicyclic) bond motifs is 1. The van der Waals surface area contributed by atoms with Crippen LogP contribution in [-0.2, 0) is 6.42 Å². The quantitative estimate of drug-likeness (QED) is 0.431. The molecule has 0 aliphatic carbocycles. The van der Waals surface area contributed by atoms with Crippen molar-refractivity contribution in [3.63, 3.8) is 0 Å². The molecule has 4 rings (SSSR count). The van der Waals surface area contributed by atoms with E-state index in [1.165, 1.54) is 29.7 Å². The van der Waals surface area contributed by atoms with Crippen LogP contribution in [0, 0.1) is 0 Å². The third-order valence-electron chi connectivity index (χ3n) is 4.86. The second kappa shape index (κ2) is 8.49. The topological polar surface area (TPSA) is 55.6 Å². The van der Waals surface area contributed by atoms with Gasteiger partial charge in [0.25, 0.3) is 5.91 Å². The average Bonchev–Trinajstić information content (AvgIpc) is 3.34. The number of nitrogens with zero attached hydrogens (tertiary/aromatic N) is 2. The first kappa shape index (κ1) is 19.2. The molecule has 0 saturated carbocycles. The van der Waals surface area contributed by atoms with Crippen molar-refractivity contribution >= 4 is 27.9 Å². The lowest BCUT2D eigenvalue weighted by atomic mass is 10.1. The minimum Gasteiger partial charge on any atom is -0.497 e. The third-order valence-corrected chi connectivity index (χ3v) is 5.70. The largest absolute Gasteiger partial charge is 0.497 e. The number of hydrogen-bond acceptors (Lipinski definition) is 4. The van der Waals surface area contributed by atoms with Crippen LogP contribution in [0.2, 0.25) is 0 Å². The molecule has 0 atom stereocenters. The van der Waals surface area contributed by atoms with Gasteiger partial charge in [0.15, 0.2) is 4.96 Å². The summed E-state index contributed by atoms with van der Waals surface area (Å²) in [6.45, 7) is 2.19. The molecule has 5 nitrogen and oxygen atoms in total. The van der Waals surface area contributed by atoms with E-state index in [1.807, 2.05) is 52.4 Å². The number of benzene rings is 2. The monoisotopic (exact) mass is 405 g/mol. The van der Waals surface area contributed by atoms with Gasteiger partial charge in [-0.3, -0.25) is 9.20 Å². The zero-order valence-corrected chi connectivity index (χ0v) is 17.3. The third kappa shape index (κ3) is 4.17. The van der Waals surface area contributed by atoms with Gasteiger partial charge in [-0.15, -0.1) is 11.3 Å². The number of methoxy groups -OCH3 is 1. The number of ether oxygens (including phenoxy) is 1. The molecule has 0 radical (unpaired) electrons. The van der Waals surface area contributed by atoms with E-state index in [9.17, 15) is 4.79 Å². The van der Waals surface area contributed by atoms with Gasteiger partial charge in [-0.1, -0.05) is 25.5 Å². The predicted molar refractivity (Wildman–Crippen MR) is 118 cm³/mol. The molecule has 2 aromatic carbocycles. The Kier molecular flexibility index (Phi) is 5.62. The van der Waals surface area contributed by atoms with E-state index < -0.39 is 0 Å². The van der Waals surface area contributed by atoms with Crippen LogP contribution in [0.3, 0.4) is 0 Å². The lowest BCUT2D eigenvalue weighted by Gasteiger charge is -2.06. The molecular weight excluding hydrogens is 382 g/mol. The number of carbonyl (C=O) groups is 1. The zero-order valence-electron chi connectivity index (χ0n) is 16.5. The molecule has 6 heteroatoms. The van der Waals surface area contributed by atoms with Gasteiger partial charge in [-0.2, -0.15) is 0 Å². The maximum absolute atomic E-state index is 12.8. The summed E-state index contributed by atoms with van der Waals surface area (Å²) < 4.78 is 7.05. The van der Waals surface area contributed by atoms with Gasteiger partial charge in [0.1, 0.15) is 11.4 Å². The van der Waals surface area contributed by atoms with Crippen molar-refractivity contribution in [2.75, 3.05) is 12.4 Å². The molecule has 4 aromatic rings. The van der Waals surface area contributed by atoms with Crippen molar-refractivity contribution in [1.82, 2.24) is 9.38 Å². The van der Waals surface area contributed by atoms with Crippen molar-refractivity contribution < 1.29 is 9.53 Å². The number of nitrogens with one attached hydrogen (secondary N) is 1. The van der Waals surface area contributed by atoms with Crippen molar-refractivity contribution in [2.24, 2.45) is 0 Å². The first-order valence-electron chi connectivity index (χ1n) is 9.69. The van der Waals surface area contributed by atoms with E-state index in [-0.39, 0.29) is 5.91 Å². The molecule has 0 saturated heterocycles. The van der Waals surface area contributed by atoms with Crippen LogP contribution < -0.4 is 10.1 Å². The molecule has 1 amide bonds. The van der Waals surface area contributed by atoms with Crippen molar-refractivity contribution in [3.8, 4) is 17.0 Å². The number of imidazole rings is 1. The molecular formula is C23H23N3O2S. The maximum atomic E-state index is 12.8. The molecule has 0 unspecified atom stereocenters. The van der Waals surface area contributed by atoms with Crippen LogP contribution in [0.25, 0.3) is 16.2 Å². The number of anilines is 1. The van der Waals surface area contributed by atoms with E-state index in [0.717, 1.165) is 34.1 Å². The Hall–Kier alpha value is -3.12. The summed E-state index contributed by atoms with van der Waals surface area (Å²) in [5.74, 6) is 0.659. The highest BCUT2D eigenvalue weighted by molar-refractivity contribution is 7.15. The number of aryl methyl sites for hydroxylation is 1. The van der Waals surface area contributed by atoms with E-state index in [4.69, 9.17) is 4.74 Å². The van der Waals surface area contributed by atoms with Gasteiger partial charge in [0, 0.05) is 22.8 Å². The highest BCUT2D eigenvalue weighted by Crippen LogP contribution is 2.26. The summed E-state index contributed by atoms with van der Waals surface area (Å²) in [6, 6.07) is 15.8. The van der Waals surface area contributed by atoms with Crippen LogP contribution in [0.1, 0.15) is 35.8 Å². The Morgan fingerprint density at radius 3 is 2.59 bits per heavy atom. The minimum absolute atomic E-state index is 0.142. The van der Waals surface area contributed by atoms with Gasteiger partial charge in [0.2, 0.25) is 0 Å². The molecule has 0 spiro atoms. The number of unbranched alkanes of at least 4 members (excludes halogenated alkanes) is 1. The van der Waals surface area contributed by atoms with Crippen LogP contribution in [0.5, 0.6) is 5.75 Å². The van der Waals surface area contributed by atoms with E-state index >= 15 is 0 Å². The van der Waals surface area contributed by atoms with E-state index in [0.29, 0.717) is 5.69 Å². The van der Waals surface area contributed by atoms with Crippen LogP contribution >= 0.6 is 11.3 Å². The fraction of sp³-hybridized carbons (Fsp3) is 0.217. The Labute approximate surface area is 174 Å². The van der Waals surface area contributed by atoms with Gasteiger partial charge < -0.3 is 10.1 Å². The standard InChI is InChI=1S/C23H23N3O2S/c1-3-4-5-16-6-10-18(11-7-16)24-22(27)21-15-29-23-25-20(14-26(21)23)17-8-12-19(28-2)13-9-17/h6-15H,3-5H2,1-2H3,(H,24,27). The van der Waals surface area contributed by atoms with Crippen LogP contribution in [0.15, 0.2) is 60.1 Å². The summed E-state index contributed by atoms with van der Waals surface area (Å²) in [4.78, 5) is 18.2. The summed E-state index contributed by atoms with van der Waals surface area (Å²) in [5, 5.41) is 4.82. The normalized spacial score (nSPS) is 11.0. The van der Waals surface area contributed by atoms with E-state index in [1.54, 1.807) is 7.11 Å².